The van der Waals surface area contributed by atoms with Gasteiger partial charge >= 0.3 is 0 Å². The molecule has 3 aromatic carbocycles. The molecule has 0 nitrogen and oxygen atoms in total. The van der Waals surface area contributed by atoms with E-state index in [-0.39, 0.29) is 12.4 Å². The standard InChI is InChI=1S/C22H24P.ClH/c1-2-3-19-23(20-13-7-4-8-14-20,21-15-9-5-10-16-21)22-17-11-6-12-18-22;/h4-18H,2-3,19H2,1H3;1H. The van der Waals surface area contributed by atoms with E-state index in [0.717, 1.165) is 0 Å². The topological polar surface area (TPSA) is 0 Å². The predicted molar refractivity (Wildman–Crippen MR) is 112 cm³/mol. The molecular formula is C22H25ClP. The van der Waals surface area contributed by atoms with E-state index in [9.17, 15) is 0 Å². The van der Waals surface area contributed by atoms with Gasteiger partial charge in [0, 0.05) is 0 Å². The van der Waals surface area contributed by atoms with Crippen LogP contribution in [0.2, 0.25) is 0 Å². The van der Waals surface area contributed by atoms with Gasteiger partial charge in [0.25, 0.3) is 0 Å². The van der Waals surface area contributed by atoms with Crippen LogP contribution in [0.4, 0.5) is 0 Å². The Labute approximate surface area is 152 Å². The Morgan fingerprint density at radius 2 is 0.917 bits per heavy atom. The second kappa shape index (κ2) is 9.02. The summed E-state index contributed by atoms with van der Waals surface area (Å²) in [7, 11) is -1.57. The van der Waals surface area contributed by atoms with Gasteiger partial charge in [-0.15, -0.1) is 12.4 Å². The van der Waals surface area contributed by atoms with Crippen LogP contribution in [0.25, 0.3) is 0 Å². The normalized spacial score (nSPS) is 10.9. The maximum Gasteiger partial charge on any atom is -0.0196 e. The summed E-state index contributed by atoms with van der Waals surface area (Å²) in [6.07, 6.45) is 3.72. The fraction of sp³-hybridized carbons (Fsp3) is 0.182. The molecule has 3 rings (SSSR count). The molecule has 0 heterocycles. The average molecular weight is 356 g/mol. The van der Waals surface area contributed by atoms with Crippen LogP contribution in [-0.4, -0.2) is 6.16 Å². The Balaban J connectivity index is 0.00000208. The molecule has 2 heteroatoms. The lowest BCUT2D eigenvalue weighted by Crippen LogP contribution is -2.33. The summed E-state index contributed by atoms with van der Waals surface area (Å²) in [6.45, 7) is 2.29. The van der Waals surface area contributed by atoms with Gasteiger partial charge in [-0.2, -0.15) is 0 Å². The summed E-state index contributed by atoms with van der Waals surface area (Å²) in [6, 6.07) is 33.4. The molecule has 0 amide bonds. The summed E-state index contributed by atoms with van der Waals surface area (Å²) >= 11 is 0. The van der Waals surface area contributed by atoms with Crippen molar-refractivity contribution in [3.05, 3.63) is 91.0 Å². The van der Waals surface area contributed by atoms with Crippen LogP contribution >= 0.6 is 19.7 Å². The molecule has 0 aromatic heterocycles. The van der Waals surface area contributed by atoms with Gasteiger partial charge in [0.15, 0.2) is 0 Å². The number of benzene rings is 3. The second-order valence-corrected chi connectivity index (χ2v) is 9.51. The third-order valence-electron chi connectivity index (χ3n) is 4.44. The molecule has 24 heavy (non-hydrogen) atoms. The molecule has 0 aliphatic carbocycles. The van der Waals surface area contributed by atoms with Gasteiger partial charge < -0.3 is 0 Å². The van der Waals surface area contributed by atoms with Gasteiger partial charge in [-0.25, -0.2) is 0 Å². The maximum absolute atomic E-state index is 2.32. The zero-order chi connectivity index (χ0) is 16.0. The first-order valence-electron chi connectivity index (χ1n) is 8.43. The van der Waals surface area contributed by atoms with E-state index < -0.39 is 7.26 Å². The van der Waals surface area contributed by atoms with Crippen LogP contribution < -0.4 is 15.9 Å². The average Bonchev–Trinajstić information content (AvgIpc) is 2.65. The lowest BCUT2D eigenvalue weighted by Gasteiger charge is -2.38. The highest BCUT2D eigenvalue weighted by atomic mass is 35.5. The van der Waals surface area contributed by atoms with E-state index >= 15 is 0 Å². The molecule has 0 bridgehead atoms. The van der Waals surface area contributed by atoms with Crippen molar-refractivity contribution in [3.8, 4) is 0 Å². The molecule has 0 atom stereocenters. The van der Waals surface area contributed by atoms with E-state index in [4.69, 9.17) is 0 Å². The minimum Gasteiger partial charge on any atom is -0.147 e. The second-order valence-electron chi connectivity index (χ2n) is 5.89. The van der Waals surface area contributed by atoms with Crippen LogP contribution in [-0.2, 0) is 0 Å². The van der Waals surface area contributed by atoms with Crippen molar-refractivity contribution in [2.75, 3.05) is 6.16 Å². The Morgan fingerprint density at radius 3 is 1.21 bits per heavy atom. The van der Waals surface area contributed by atoms with Gasteiger partial charge in [-0.3, -0.25) is 0 Å². The fourth-order valence-corrected chi connectivity index (χ4v) is 7.78. The third-order valence-corrected chi connectivity index (χ3v) is 8.96. The highest BCUT2D eigenvalue weighted by molar-refractivity contribution is 7.95. The summed E-state index contributed by atoms with van der Waals surface area (Å²) in [4.78, 5) is 0. The van der Waals surface area contributed by atoms with Gasteiger partial charge in [0.2, 0.25) is 0 Å². The number of hydrogen-bond donors (Lipinski definition) is 0. The highest BCUT2D eigenvalue weighted by Gasteiger charge is 2.32. The molecule has 0 N–H and O–H groups in total. The zero-order valence-corrected chi connectivity index (χ0v) is 15.8. The SMILES string of the molecule is CCCC[P](c1ccccc1)(c1ccccc1)c1ccccc1.Cl. The van der Waals surface area contributed by atoms with Crippen LogP contribution in [0.15, 0.2) is 91.0 Å². The molecule has 3 aromatic rings. The maximum atomic E-state index is 2.32. The smallest absolute Gasteiger partial charge is 0.0196 e. The van der Waals surface area contributed by atoms with Crippen molar-refractivity contribution >= 4 is 35.6 Å². The molecule has 0 spiro atoms. The molecule has 0 fully saturated rings. The summed E-state index contributed by atoms with van der Waals surface area (Å²) < 4.78 is 0. The van der Waals surface area contributed by atoms with E-state index in [2.05, 4.69) is 97.9 Å². The van der Waals surface area contributed by atoms with Gasteiger partial charge in [-0.1, -0.05) is 104 Å². The molecule has 0 saturated heterocycles. The Hall–Kier alpha value is -1.62. The minimum atomic E-state index is -1.57. The molecule has 0 unspecified atom stereocenters. The third kappa shape index (κ3) is 3.72. The molecule has 0 saturated carbocycles. The predicted octanol–water partition coefficient (Wildman–Crippen LogP) is 5.20. The molecule has 0 aliphatic heterocycles. The Morgan fingerprint density at radius 1 is 0.583 bits per heavy atom. The van der Waals surface area contributed by atoms with Crippen molar-refractivity contribution in [1.82, 2.24) is 0 Å². The van der Waals surface area contributed by atoms with E-state index in [1.165, 1.54) is 34.9 Å². The lowest BCUT2D eigenvalue weighted by atomic mass is 10.3. The minimum absolute atomic E-state index is 0. The van der Waals surface area contributed by atoms with Crippen molar-refractivity contribution in [2.24, 2.45) is 0 Å². The quantitative estimate of drug-likeness (QED) is 0.533. The Bertz CT molecular complexity index is 614. The van der Waals surface area contributed by atoms with Gasteiger partial charge in [0.05, 0.1) is 0 Å². The molecular weight excluding hydrogens is 331 g/mol. The zero-order valence-electron chi connectivity index (χ0n) is 14.1. The summed E-state index contributed by atoms with van der Waals surface area (Å²) in [5.41, 5.74) is 0. The van der Waals surface area contributed by atoms with Crippen LogP contribution in [0.3, 0.4) is 0 Å². The first kappa shape index (κ1) is 18.7. The van der Waals surface area contributed by atoms with Crippen molar-refractivity contribution in [3.63, 3.8) is 0 Å². The summed E-state index contributed by atoms with van der Waals surface area (Å²) in [5, 5.41) is 4.47. The number of halogens is 1. The molecule has 125 valence electrons. The summed E-state index contributed by atoms with van der Waals surface area (Å²) in [5.74, 6) is 0. The van der Waals surface area contributed by atoms with Gasteiger partial charge in [-0.05, 0) is 35.8 Å². The van der Waals surface area contributed by atoms with Crippen molar-refractivity contribution in [2.45, 2.75) is 19.8 Å². The fourth-order valence-electron chi connectivity index (χ4n) is 3.28. The Kier molecular flexibility index (Phi) is 7.03. The number of hydrogen-bond acceptors (Lipinski definition) is 0. The van der Waals surface area contributed by atoms with E-state index in [1.54, 1.807) is 0 Å². The molecule has 1 radical (unpaired) electrons. The van der Waals surface area contributed by atoms with E-state index in [1.807, 2.05) is 0 Å². The van der Waals surface area contributed by atoms with Crippen LogP contribution in [0.1, 0.15) is 19.8 Å². The van der Waals surface area contributed by atoms with Crippen LogP contribution in [0, 0.1) is 0 Å². The number of rotatable bonds is 6. The monoisotopic (exact) mass is 355 g/mol. The highest BCUT2D eigenvalue weighted by Crippen LogP contribution is 2.55. The van der Waals surface area contributed by atoms with Crippen molar-refractivity contribution in [1.29, 1.82) is 0 Å². The first-order chi connectivity index (χ1) is 11.4. The first-order valence-corrected chi connectivity index (χ1v) is 10.4. The van der Waals surface area contributed by atoms with Crippen LogP contribution in [0.5, 0.6) is 0 Å². The lowest BCUT2D eigenvalue weighted by molar-refractivity contribution is 0.891. The van der Waals surface area contributed by atoms with E-state index in [0.29, 0.717) is 0 Å². The molecule has 0 aliphatic rings. The van der Waals surface area contributed by atoms with Gasteiger partial charge in [0.1, 0.15) is 0 Å². The number of unbranched alkanes of at least 4 members (excludes halogenated alkanes) is 1. The van der Waals surface area contributed by atoms with Crippen molar-refractivity contribution < 1.29 is 0 Å². The largest absolute Gasteiger partial charge is 0.147 e.